The van der Waals surface area contributed by atoms with Crippen molar-refractivity contribution >= 4 is 22.8 Å². The minimum absolute atomic E-state index is 0.177. The zero-order valence-corrected chi connectivity index (χ0v) is 16.1. The predicted molar refractivity (Wildman–Crippen MR) is 104 cm³/mol. The number of ether oxygens (including phenoxy) is 3. The van der Waals surface area contributed by atoms with Crippen LogP contribution in [0.3, 0.4) is 0 Å². The van der Waals surface area contributed by atoms with Crippen molar-refractivity contribution in [3.63, 3.8) is 0 Å². The third-order valence-corrected chi connectivity index (χ3v) is 6.67. The van der Waals surface area contributed by atoms with Crippen molar-refractivity contribution in [2.75, 3.05) is 14.2 Å². The van der Waals surface area contributed by atoms with E-state index in [1.54, 1.807) is 12.1 Å². The van der Waals surface area contributed by atoms with Crippen LogP contribution in [0.25, 0.3) is 0 Å². The number of para-hydroxylation sites is 2. The Morgan fingerprint density at radius 3 is 1.86 bits per heavy atom. The first kappa shape index (κ1) is 18.1. The minimum Gasteiger partial charge on any atom is -0.465 e. The summed E-state index contributed by atoms with van der Waals surface area (Å²) in [4.78, 5) is 27.3. The van der Waals surface area contributed by atoms with Gasteiger partial charge >= 0.3 is 11.9 Å². The normalized spacial score (nSPS) is 12.4. The Morgan fingerprint density at radius 1 is 0.750 bits per heavy atom. The van der Waals surface area contributed by atoms with Crippen LogP contribution in [-0.4, -0.2) is 26.2 Å². The Hall–Kier alpha value is -3.25. The van der Waals surface area contributed by atoms with E-state index in [2.05, 4.69) is 0 Å². The molecule has 5 nitrogen and oxygen atoms in total. The lowest BCUT2D eigenvalue weighted by molar-refractivity contribution is 0.0555. The van der Waals surface area contributed by atoms with E-state index in [4.69, 9.17) is 14.2 Å². The molecule has 0 amide bonds. The molecule has 0 bridgehead atoms. The van der Waals surface area contributed by atoms with E-state index < -0.39 is 22.8 Å². The van der Waals surface area contributed by atoms with Gasteiger partial charge in [0, 0.05) is 6.07 Å². The van der Waals surface area contributed by atoms with Crippen LogP contribution < -0.4 is 4.74 Å². The highest BCUT2D eigenvalue weighted by molar-refractivity contribution is 7.97. The van der Waals surface area contributed by atoms with Gasteiger partial charge in [-0.2, -0.15) is 0 Å². The number of hydrogen-bond acceptors (Lipinski definition) is 5. The lowest BCUT2D eigenvalue weighted by Gasteiger charge is -2.20. The van der Waals surface area contributed by atoms with Crippen molar-refractivity contribution in [2.24, 2.45) is 0 Å². The maximum atomic E-state index is 12.3. The van der Waals surface area contributed by atoms with Crippen LogP contribution in [0.2, 0.25) is 0 Å². The third-order valence-electron chi connectivity index (χ3n) is 4.40. The van der Waals surface area contributed by atoms with E-state index in [-0.39, 0.29) is 11.1 Å². The van der Waals surface area contributed by atoms with Crippen LogP contribution in [0.4, 0.5) is 0 Å². The fraction of sp³-hybridized carbons (Fsp3) is 0.0909. The second-order valence-corrected chi connectivity index (χ2v) is 7.96. The molecule has 0 N–H and O–H groups in total. The van der Waals surface area contributed by atoms with Crippen LogP contribution in [0.5, 0.6) is 11.5 Å². The number of carbonyl (C=O) groups is 2. The van der Waals surface area contributed by atoms with Crippen LogP contribution in [0.15, 0.2) is 81.4 Å². The fourth-order valence-electron chi connectivity index (χ4n) is 3.11. The van der Waals surface area contributed by atoms with Crippen molar-refractivity contribution in [3.8, 4) is 11.5 Å². The molecule has 1 aliphatic rings. The van der Waals surface area contributed by atoms with E-state index in [9.17, 15) is 9.59 Å². The molecule has 28 heavy (non-hydrogen) atoms. The van der Waals surface area contributed by atoms with Gasteiger partial charge in [0.2, 0.25) is 9.79 Å². The monoisotopic (exact) mass is 393 g/mol. The van der Waals surface area contributed by atoms with Gasteiger partial charge in [-0.1, -0.05) is 24.3 Å². The molecule has 0 atom stereocenters. The fourth-order valence-corrected chi connectivity index (χ4v) is 5.35. The number of carbonyl (C=O) groups excluding carboxylic acids is 2. The molecule has 0 aromatic heterocycles. The van der Waals surface area contributed by atoms with Crippen molar-refractivity contribution in [2.45, 2.75) is 14.7 Å². The van der Waals surface area contributed by atoms with Gasteiger partial charge in [0.05, 0.1) is 25.3 Å². The average molecular weight is 393 g/mol. The highest BCUT2D eigenvalue weighted by Crippen LogP contribution is 2.46. The summed E-state index contributed by atoms with van der Waals surface area (Å²) in [6.45, 7) is 0. The lowest BCUT2D eigenvalue weighted by atomic mass is 10.1. The molecule has 0 aliphatic carbocycles. The largest absolute Gasteiger partial charge is 0.465 e. The van der Waals surface area contributed by atoms with Crippen molar-refractivity contribution in [3.05, 3.63) is 77.9 Å². The molecule has 140 valence electrons. The molecule has 3 aromatic carbocycles. The van der Waals surface area contributed by atoms with Gasteiger partial charge in [-0.25, -0.2) is 9.59 Å². The molecule has 1 heterocycles. The molecule has 6 heteroatoms. The number of benzene rings is 3. The standard InChI is InChI=1S/C22H17O5S/c1-25-21(23)15-12-11-14(13-16(15)22(24)26-2)28-19-9-5-3-7-17(19)27-18-8-4-6-10-20(18)28/h3-13H,1-2H3/q+1. The van der Waals surface area contributed by atoms with Gasteiger partial charge in [0.15, 0.2) is 16.4 Å². The first-order valence-corrected chi connectivity index (χ1v) is 9.77. The third kappa shape index (κ3) is 3.01. The van der Waals surface area contributed by atoms with Gasteiger partial charge < -0.3 is 14.2 Å². The highest BCUT2D eigenvalue weighted by Gasteiger charge is 2.39. The number of esters is 2. The molecule has 0 saturated carbocycles. The zero-order valence-electron chi connectivity index (χ0n) is 15.3. The van der Waals surface area contributed by atoms with Gasteiger partial charge in [-0.15, -0.1) is 0 Å². The summed E-state index contributed by atoms with van der Waals surface area (Å²) in [5, 5.41) is 0. The van der Waals surface area contributed by atoms with Crippen LogP contribution in [-0.2, 0) is 20.4 Å². The number of methoxy groups -OCH3 is 2. The number of rotatable bonds is 3. The van der Waals surface area contributed by atoms with E-state index >= 15 is 0 Å². The molecule has 0 fully saturated rings. The number of fused-ring (bicyclic) bond motifs is 2. The van der Waals surface area contributed by atoms with Crippen molar-refractivity contribution in [1.29, 1.82) is 0 Å². The van der Waals surface area contributed by atoms with Gasteiger partial charge in [0.25, 0.3) is 0 Å². The molecule has 0 spiro atoms. The molecule has 0 saturated heterocycles. The summed E-state index contributed by atoms with van der Waals surface area (Å²) < 4.78 is 15.7. The summed E-state index contributed by atoms with van der Waals surface area (Å²) in [7, 11) is 2.08. The molecule has 0 unspecified atom stereocenters. The van der Waals surface area contributed by atoms with E-state index in [0.29, 0.717) is 0 Å². The average Bonchev–Trinajstić information content (AvgIpc) is 2.75. The summed E-state index contributed by atoms with van der Waals surface area (Å²) in [6, 6.07) is 20.8. The molecule has 1 aliphatic heterocycles. The first-order chi connectivity index (χ1) is 13.6. The SMILES string of the molecule is COC(=O)c1ccc([S+]2c3ccccc3Oc3ccccc32)cc1C(=O)OC. The van der Waals surface area contributed by atoms with Crippen molar-refractivity contribution < 1.29 is 23.8 Å². The molecule has 0 radical (unpaired) electrons. The molecular weight excluding hydrogens is 376 g/mol. The Morgan fingerprint density at radius 2 is 1.29 bits per heavy atom. The van der Waals surface area contributed by atoms with E-state index in [1.807, 2.05) is 54.6 Å². The number of hydrogen-bond donors (Lipinski definition) is 0. The summed E-state index contributed by atoms with van der Waals surface area (Å²) in [6.07, 6.45) is 0. The maximum absolute atomic E-state index is 12.3. The van der Waals surface area contributed by atoms with Crippen LogP contribution >= 0.6 is 0 Å². The lowest BCUT2D eigenvalue weighted by Crippen LogP contribution is -2.16. The predicted octanol–water partition coefficient (Wildman–Crippen LogP) is 4.46. The van der Waals surface area contributed by atoms with Crippen LogP contribution in [0, 0.1) is 0 Å². The van der Waals surface area contributed by atoms with Gasteiger partial charge in [-0.05, 0) is 36.4 Å². The van der Waals surface area contributed by atoms with Gasteiger partial charge in [-0.3, -0.25) is 0 Å². The molecule has 3 aromatic rings. The Balaban J connectivity index is 1.92. The topological polar surface area (TPSA) is 61.8 Å². The first-order valence-electron chi connectivity index (χ1n) is 8.55. The summed E-state index contributed by atoms with van der Waals surface area (Å²) in [5.41, 5.74) is 0.359. The van der Waals surface area contributed by atoms with Gasteiger partial charge in [0.1, 0.15) is 10.9 Å². The smallest absolute Gasteiger partial charge is 0.338 e. The van der Waals surface area contributed by atoms with Crippen LogP contribution in [0.1, 0.15) is 20.7 Å². The Kier molecular flexibility index (Phi) is 4.79. The quantitative estimate of drug-likeness (QED) is 0.380. The zero-order chi connectivity index (χ0) is 19.7. The Labute approximate surface area is 165 Å². The van der Waals surface area contributed by atoms with E-state index in [0.717, 1.165) is 26.2 Å². The summed E-state index contributed by atoms with van der Waals surface area (Å²) >= 11 is 0. The highest BCUT2D eigenvalue weighted by atomic mass is 32.2. The summed E-state index contributed by atoms with van der Waals surface area (Å²) in [5.74, 6) is 0.395. The molecule has 4 rings (SSSR count). The van der Waals surface area contributed by atoms with E-state index in [1.165, 1.54) is 14.2 Å². The second kappa shape index (κ2) is 7.40. The second-order valence-electron chi connectivity index (χ2n) is 5.99. The minimum atomic E-state index is -0.583. The van der Waals surface area contributed by atoms with Crippen molar-refractivity contribution in [1.82, 2.24) is 0 Å². The maximum Gasteiger partial charge on any atom is 0.338 e. The molecular formula is C22H17O5S+. The Bertz CT molecular complexity index is 1030.